The SMILES string of the molecule is NC(=O)[C@]1(Cc2ccccc2-c2ccccc2)CCCN(C(=O)Cc2ccccc2)C1. The second kappa shape index (κ2) is 9.17. The van der Waals surface area contributed by atoms with Crippen molar-refractivity contribution in [1.82, 2.24) is 4.90 Å². The second-order valence-corrected chi connectivity index (χ2v) is 8.43. The molecule has 0 aromatic heterocycles. The molecule has 2 N–H and O–H groups in total. The van der Waals surface area contributed by atoms with Gasteiger partial charge in [0.25, 0.3) is 0 Å². The van der Waals surface area contributed by atoms with E-state index in [1.165, 1.54) is 0 Å². The monoisotopic (exact) mass is 412 g/mol. The van der Waals surface area contributed by atoms with Crippen LogP contribution in [0.5, 0.6) is 0 Å². The molecule has 3 aromatic carbocycles. The van der Waals surface area contributed by atoms with E-state index in [9.17, 15) is 9.59 Å². The van der Waals surface area contributed by atoms with Crippen LogP contribution >= 0.6 is 0 Å². The van der Waals surface area contributed by atoms with Crippen molar-refractivity contribution in [3.8, 4) is 11.1 Å². The third kappa shape index (κ3) is 4.69. The summed E-state index contributed by atoms with van der Waals surface area (Å²) in [6, 6.07) is 28.1. The van der Waals surface area contributed by atoms with Gasteiger partial charge in [-0.3, -0.25) is 9.59 Å². The van der Waals surface area contributed by atoms with Crippen molar-refractivity contribution >= 4 is 11.8 Å². The van der Waals surface area contributed by atoms with Gasteiger partial charge in [-0.1, -0.05) is 84.9 Å². The van der Waals surface area contributed by atoms with E-state index >= 15 is 0 Å². The van der Waals surface area contributed by atoms with E-state index in [0.29, 0.717) is 32.4 Å². The molecule has 0 unspecified atom stereocenters. The van der Waals surface area contributed by atoms with Crippen LogP contribution in [-0.2, 0) is 22.4 Å². The van der Waals surface area contributed by atoms with Crippen molar-refractivity contribution in [2.45, 2.75) is 25.7 Å². The molecule has 0 bridgehead atoms. The van der Waals surface area contributed by atoms with Crippen molar-refractivity contribution in [2.75, 3.05) is 13.1 Å². The molecule has 1 saturated heterocycles. The highest BCUT2D eigenvalue weighted by Crippen LogP contribution is 2.37. The minimum Gasteiger partial charge on any atom is -0.369 e. The summed E-state index contributed by atoms with van der Waals surface area (Å²) in [4.78, 5) is 27.6. The molecule has 158 valence electrons. The van der Waals surface area contributed by atoms with Gasteiger partial charge in [0.15, 0.2) is 0 Å². The van der Waals surface area contributed by atoms with Crippen LogP contribution in [0.4, 0.5) is 0 Å². The maximum absolute atomic E-state index is 13.0. The Hall–Kier alpha value is -3.40. The van der Waals surface area contributed by atoms with E-state index in [-0.39, 0.29) is 11.8 Å². The number of piperidine rings is 1. The first kappa shape index (κ1) is 20.9. The lowest BCUT2D eigenvalue weighted by Gasteiger charge is -2.41. The number of carbonyl (C=O) groups excluding carboxylic acids is 2. The second-order valence-electron chi connectivity index (χ2n) is 8.43. The number of nitrogens with zero attached hydrogens (tertiary/aromatic N) is 1. The number of primary amides is 1. The fourth-order valence-corrected chi connectivity index (χ4v) is 4.60. The molecule has 4 heteroatoms. The van der Waals surface area contributed by atoms with Gasteiger partial charge in [-0.2, -0.15) is 0 Å². The van der Waals surface area contributed by atoms with E-state index in [0.717, 1.165) is 28.7 Å². The minimum atomic E-state index is -0.754. The average molecular weight is 413 g/mol. The van der Waals surface area contributed by atoms with Crippen molar-refractivity contribution < 1.29 is 9.59 Å². The van der Waals surface area contributed by atoms with Gasteiger partial charge >= 0.3 is 0 Å². The summed E-state index contributed by atoms with van der Waals surface area (Å²) < 4.78 is 0. The van der Waals surface area contributed by atoms with Crippen molar-refractivity contribution in [3.05, 3.63) is 96.1 Å². The zero-order valence-electron chi connectivity index (χ0n) is 17.7. The molecule has 3 aromatic rings. The number of rotatable bonds is 6. The van der Waals surface area contributed by atoms with E-state index in [1.54, 1.807) is 0 Å². The molecule has 31 heavy (non-hydrogen) atoms. The van der Waals surface area contributed by atoms with E-state index in [4.69, 9.17) is 5.73 Å². The summed E-state index contributed by atoms with van der Waals surface area (Å²) >= 11 is 0. The number of carbonyl (C=O) groups is 2. The minimum absolute atomic E-state index is 0.0490. The summed E-state index contributed by atoms with van der Waals surface area (Å²) in [5.41, 5.74) is 9.52. The van der Waals surface area contributed by atoms with E-state index in [1.807, 2.05) is 65.6 Å². The molecule has 4 nitrogen and oxygen atoms in total. The number of hydrogen-bond acceptors (Lipinski definition) is 2. The van der Waals surface area contributed by atoms with E-state index < -0.39 is 5.41 Å². The van der Waals surface area contributed by atoms with Crippen LogP contribution in [-0.4, -0.2) is 29.8 Å². The quantitative estimate of drug-likeness (QED) is 0.658. The van der Waals surface area contributed by atoms with Crippen LogP contribution in [0.3, 0.4) is 0 Å². The number of amides is 2. The predicted octanol–water partition coefficient (Wildman–Crippen LogP) is 4.23. The van der Waals surface area contributed by atoms with Crippen LogP contribution in [0.25, 0.3) is 11.1 Å². The Morgan fingerprint density at radius 3 is 2.23 bits per heavy atom. The maximum atomic E-state index is 13.0. The Balaban J connectivity index is 1.59. The van der Waals surface area contributed by atoms with Gasteiger partial charge < -0.3 is 10.6 Å². The number of nitrogens with two attached hydrogens (primary N) is 1. The molecule has 1 aliphatic heterocycles. The first-order valence-electron chi connectivity index (χ1n) is 10.8. The molecular weight excluding hydrogens is 384 g/mol. The van der Waals surface area contributed by atoms with Crippen molar-refractivity contribution in [1.29, 1.82) is 0 Å². The largest absolute Gasteiger partial charge is 0.369 e. The Labute approximate surface area is 183 Å². The van der Waals surface area contributed by atoms with Gasteiger partial charge in [-0.15, -0.1) is 0 Å². The van der Waals surface area contributed by atoms with Crippen molar-refractivity contribution in [2.24, 2.45) is 11.1 Å². The molecule has 0 radical (unpaired) electrons. The van der Waals surface area contributed by atoms with E-state index in [2.05, 4.69) is 24.3 Å². The number of likely N-dealkylation sites (tertiary alicyclic amines) is 1. The van der Waals surface area contributed by atoms with Gasteiger partial charge in [0.2, 0.25) is 11.8 Å². The zero-order chi connectivity index (χ0) is 21.7. The molecule has 0 saturated carbocycles. The van der Waals surface area contributed by atoms with Crippen LogP contribution in [0, 0.1) is 5.41 Å². The summed E-state index contributed by atoms with van der Waals surface area (Å²) in [7, 11) is 0. The zero-order valence-corrected chi connectivity index (χ0v) is 17.7. The van der Waals surface area contributed by atoms with Gasteiger partial charge in [-0.05, 0) is 41.5 Å². The molecule has 2 amide bonds. The fraction of sp³-hybridized carbons (Fsp3) is 0.259. The third-order valence-electron chi connectivity index (χ3n) is 6.28. The van der Waals surface area contributed by atoms with Crippen molar-refractivity contribution in [3.63, 3.8) is 0 Å². The van der Waals surface area contributed by atoms with Crippen LogP contribution in [0.15, 0.2) is 84.9 Å². The summed E-state index contributed by atoms with van der Waals surface area (Å²) in [5, 5.41) is 0. The number of hydrogen-bond donors (Lipinski definition) is 1. The average Bonchev–Trinajstić information content (AvgIpc) is 2.81. The number of benzene rings is 3. The molecule has 4 rings (SSSR count). The molecule has 1 heterocycles. The Kier molecular flexibility index (Phi) is 6.17. The topological polar surface area (TPSA) is 63.4 Å². The molecule has 0 spiro atoms. The highest BCUT2D eigenvalue weighted by molar-refractivity contribution is 5.84. The third-order valence-corrected chi connectivity index (χ3v) is 6.28. The normalized spacial score (nSPS) is 18.5. The highest BCUT2D eigenvalue weighted by Gasteiger charge is 2.42. The lowest BCUT2D eigenvalue weighted by atomic mass is 9.73. The lowest BCUT2D eigenvalue weighted by Crippen LogP contribution is -2.53. The van der Waals surface area contributed by atoms with Gasteiger partial charge in [0, 0.05) is 13.1 Å². The van der Waals surface area contributed by atoms with Gasteiger partial charge in [0.1, 0.15) is 0 Å². The standard InChI is InChI=1S/C27H28N2O2/c28-26(31)27(19-23-14-7-8-15-24(23)22-12-5-2-6-13-22)16-9-17-29(20-27)25(30)18-21-10-3-1-4-11-21/h1-8,10-15H,9,16-20H2,(H2,28,31)/t27-/m0/s1. The predicted molar refractivity (Wildman–Crippen MR) is 123 cm³/mol. The maximum Gasteiger partial charge on any atom is 0.227 e. The first-order chi connectivity index (χ1) is 15.1. The van der Waals surface area contributed by atoms with Crippen LogP contribution < -0.4 is 5.73 Å². The Bertz CT molecular complexity index is 1050. The molecule has 1 aliphatic rings. The van der Waals surface area contributed by atoms with Crippen LogP contribution in [0.2, 0.25) is 0 Å². The molecule has 1 fully saturated rings. The van der Waals surface area contributed by atoms with Gasteiger partial charge in [0.05, 0.1) is 11.8 Å². The first-order valence-corrected chi connectivity index (χ1v) is 10.8. The van der Waals surface area contributed by atoms with Gasteiger partial charge in [-0.25, -0.2) is 0 Å². The summed E-state index contributed by atoms with van der Waals surface area (Å²) in [5.74, 6) is -0.277. The molecular formula is C27H28N2O2. The fourth-order valence-electron chi connectivity index (χ4n) is 4.60. The Morgan fingerprint density at radius 2 is 1.52 bits per heavy atom. The molecule has 0 aliphatic carbocycles. The van der Waals surface area contributed by atoms with Crippen LogP contribution in [0.1, 0.15) is 24.0 Å². The summed E-state index contributed by atoms with van der Waals surface area (Å²) in [6.45, 7) is 1.04. The lowest BCUT2D eigenvalue weighted by molar-refractivity contribution is -0.139. The Morgan fingerprint density at radius 1 is 0.871 bits per heavy atom. The smallest absolute Gasteiger partial charge is 0.227 e. The highest BCUT2D eigenvalue weighted by atomic mass is 16.2. The molecule has 1 atom stereocenters. The summed E-state index contributed by atoms with van der Waals surface area (Å²) in [6.07, 6.45) is 2.34.